The van der Waals surface area contributed by atoms with Crippen molar-refractivity contribution < 1.29 is 14.7 Å². The van der Waals surface area contributed by atoms with Crippen molar-refractivity contribution in [1.82, 2.24) is 4.90 Å². The van der Waals surface area contributed by atoms with E-state index in [2.05, 4.69) is 6.92 Å². The summed E-state index contributed by atoms with van der Waals surface area (Å²) < 4.78 is 0. The van der Waals surface area contributed by atoms with Gasteiger partial charge in [0.25, 0.3) is 0 Å². The molecule has 2 aliphatic heterocycles. The summed E-state index contributed by atoms with van der Waals surface area (Å²) in [6.45, 7) is 3.62. The van der Waals surface area contributed by atoms with E-state index in [0.717, 1.165) is 24.9 Å². The number of carbonyl (C=O) groups is 2. The molecule has 0 radical (unpaired) electrons. The van der Waals surface area contributed by atoms with Crippen molar-refractivity contribution in [2.24, 2.45) is 5.92 Å². The molecule has 2 aliphatic rings. The van der Waals surface area contributed by atoms with Crippen molar-refractivity contribution in [3.05, 3.63) is 29.8 Å². The Morgan fingerprint density at radius 1 is 1.26 bits per heavy atom. The van der Waals surface area contributed by atoms with Crippen LogP contribution in [0.25, 0.3) is 0 Å². The first-order valence-electron chi connectivity index (χ1n) is 8.44. The van der Waals surface area contributed by atoms with Crippen LogP contribution in [0.4, 0.5) is 5.69 Å². The number of hydrogen-bond acceptors (Lipinski definition) is 3. The number of aliphatic hydroxyl groups is 1. The van der Waals surface area contributed by atoms with Gasteiger partial charge < -0.3 is 14.9 Å². The van der Waals surface area contributed by atoms with E-state index >= 15 is 0 Å². The van der Waals surface area contributed by atoms with Crippen LogP contribution in [0.1, 0.15) is 31.7 Å². The van der Waals surface area contributed by atoms with Gasteiger partial charge in [0.05, 0.1) is 12.0 Å². The number of benzene rings is 1. The Labute approximate surface area is 136 Å². The molecule has 2 heterocycles. The third kappa shape index (κ3) is 3.39. The quantitative estimate of drug-likeness (QED) is 0.921. The number of hydrogen-bond donors (Lipinski definition) is 1. The van der Waals surface area contributed by atoms with E-state index in [1.807, 2.05) is 24.3 Å². The second-order valence-electron chi connectivity index (χ2n) is 6.51. The van der Waals surface area contributed by atoms with Crippen LogP contribution in [-0.2, 0) is 16.0 Å². The minimum atomic E-state index is -0.428. The zero-order valence-corrected chi connectivity index (χ0v) is 13.6. The fraction of sp³-hybridized carbons (Fsp3) is 0.556. The second-order valence-corrected chi connectivity index (χ2v) is 6.51. The lowest BCUT2D eigenvalue weighted by Gasteiger charge is -2.31. The van der Waals surface area contributed by atoms with E-state index in [1.54, 1.807) is 9.80 Å². The molecular weight excluding hydrogens is 292 g/mol. The van der Waals surface area contributed by atoms with Gasteiger partial charge >= 0.3 is 0 Å². The number of anilines is 1. The summed E-state index contributed by atoms with van der Waals surface area (Å²) in [7, 11) is 0. The number of likely N-dealkylation sites (tertiary alicyclic amines) is 1. The lowest BCUT2D eigenvalue weighted by Crippen LogP contribution is -2.45. The van der Waals surface area contributed by atoms with E-state index in [9.17, 15) is 14.7 Å². The predicted octanol–water partition coefficient (Wildman–Crippen LogP) is 1.59. The molecule has 5 heteroatoms. The van der Waals surface area contributed by atoms with Gasteiger partial charge in [-0.2, -0.15) is 0 Å². The minimum Gasteiger partial charge on any atom is -0.391 e. The van der Waals surface area contributed by atoms with Gasteiger partial charge in [-0.3, -0.25) is 9.59 Å². The molecule has 1 aromatic rings. The molecule has 2 atom stereocenters. The molecule has 0 aromatic heterocycles. The Morgan fingerprint density at radius 2 is 2.00 bits per heavy atom. The number of nitrogens with zero attached hydrogens (tertiary/aromatic N) is 2. The first kappa shape index (κ1) is 16.0. The summed E-state index contributed by atoms with van der Waals surface area (Å²) in [4.78, 5) is 28.3. The Kier molecular flexibility index (Phi) is 4.66. The van der Waals surface area contributed by atoms with Crippen LogP contribution in [0.2, 0.25) is 0 Å². The van der Waals surface area contributed by atoms with Gasteiger partial charge in [-0.15, -0.1) is 0 Å². The molecule has 2 unspecified atom stereocenters. The molecule has 0 spiro atoms. The number of amides is 2. The van der Waals surface area contributed by atoms with Crippen LogP contribution in [0, 0.1) is 5.92 Å². The topological polar surface area (TPSA) is 60.9 Å². The maximum absolute atomic E-state index is 12.6. The lowest BCUT2D eigenvalue weighted by atomic mass is 10.0. The van der Waals surface area contributed by atoms with Gasteiger partial charge in [0.1, 0.15) is 0 Å². The first-order chi connectivity index (χ1) is 11.1. The van der Waals surface area contributed by atoms with Crippen molar-refractivity contribution in [3.8, 4) is 0 Å². The number of aliphatic hydroxyl groups excluding tert-OH is 1. The third-order valence-electron chi connectivity index (χ3n) is 4.84. The third-order valence-corrected chi connectivity index (χ3v) is 4.84. The Balaban J connectivity index is 1.67. The van der Waals surface area contributed by atoms with Gasteiger partial charge in [0, 0.05) is 31.7 Å². The largest absolute Gasteiger partial charge is 0.391 e. The fourth-order valence-corrected chi connectivity index (χ4v) is 3.45. The molecular formula is C18H24N2O3. The van der Waals surface area contributed by atoms with Crippen LogP contribution in [0.15, 0.2) is 24.3 Å². The summed E-state index contributed by atoms with van der Waals surface area (Å²) in [6.07, 6.45) is 2.38. The highest BCUT2D eigenvalue weighted by atomic mass is 16.3. The normalized spacial score (nSPS) is 25.0. The highest BCUT2D eigenvalue weighted by Crippen LogP contribution is 2.27. The average molecular weight is 316 g/mol. The zero-order chi connectivity index (χ0) is 16.4. The molecule has 3 rings (SSSR count). The Hall–Kier alpha value is -1.88. The second kappa shape index (κ2) is 6.71. The minimum absolute atomic E-state index is 0.00442. The van der Waals surface area contributed by atoms with Gasteiger partial charge in [-0.05, 0) is 37.0 Å². The monoisotopic (exact) mass is 316 g/mol. The number of aryl methyl sites for hydroxylation is 1. The Morgan fingerprint density at radius 3 is 2.65 bits per heavy atom. The lowest BCUT2D eigenvalue weighted by molar-refractivity contribution is -0.138. The van der Waals surface area contributed by atoms with Crippen LogP contribution >= 0.6 is 0 Å². The van der Waals surface area contributed by atoms with Gasteiger partial charge in [0.15, 0.2) is 0 Å². The summed E-state index contributed by atoms with van der Waals surface area (Å²) >= 11 is 0. The highest BCUT2D eigenvalue weighted by molar-refractivity contribution is 6.00. The molecule has 1 N–H and O–H groups in total. The van der Waals surface area contributed by atoms with Crippen molar-refractivity contribution in [3.63, 3.8) is 0 Å². The number of β-amino-alcohol motifs (C(OH)–C–C–N with tert-alkyl or cyclic N) is 1. The van der Waals surface area contributed by atoms with E-state index in [-0.39, 0.29) is 24.2 Å². The van der Waals surface area contributed by atoms with Crippen molar-refractivity contribution in [2.45, 2.75) is 38.7 Å². The first-order valence-corrected chi connectivity index (χ1v) is 8.44. The summed E-state index contributed by atoms with van der Waals surface area (Å²) in [5, 5.41) is 9.73. The summed E-state index contributed by atoms with van der Waals surface area (Å²) in [5.41, 5.74) is 2.09. The molecule has 1 aromatic carbocycles. The van der Waals surface area contributed by atoms with E-state index in [1.165, 1.54) is 5.56 Å². The number of carbonyl (C=O) groups excluding carboxylic acids is 2. The van der Waals surface area contributed by atoms with E-state index in [0.29, 0.717) is 19.6 Å². The summed E-state index contributed by atoms with van der Waals surface area (Å²) in [6, 6.07) is 7.96. The molecule has 23 heavy (non-hydrogen) atoms. The average Bonchev–Trinajstić information content (AvgIpc) is 2.96. The van der Waals surface area contributed by atoms with E-state index in [4.69, 9.17) is 0 Å². The number of piperidine rings is 1. The molecule has 2 saturated heterocycles. The molecule has 5 nitrogen and oxygen atoms in total. The van der Waals surface area contributed by atoms with Crippen molar-refractivity contribution in [1.29, 1.82) is 0 Å². The SMILES string of the molecule is CCc1ccc(N2CC(C(=O)N3CCCC(O)C3)CC2=O)cc1. The standard InChI is InChI=1S/C18H24N2O3/c1-2-13-5-7-15(8-6-13)20-11-14(10-17(20)22)18(23)19-9-3-4-16(21)12-19/h5-8,14,16,21H,2-4,9-12H2,1H3. The van der Waals surface area contributed by atoms with Crippen LogP contribution < -0.4 is 4.90 Å². The van der Waals surface area contributed by atoms with Crippen LogP contribution in [0.3, 0.4) is 0 Å². The van der Waals surface area contributed by atoms with Crippen molar-refractivity contribution >= 4 is 17.5 Å². The van der Waals surface area contributed by atoms with Crippen LogP contribution in [0.5, 0.6) is 0 Å². The molecule has 0 bridgehead atoms. The van der Waals surface area contributed by atoms with Gasteiger partial charge in [-0.1, -0.05) is 19.1 Å². The molecule has 0 aliphatic carbocycles. The highest BCUT2D eigenvalue weighted by Gasteiger charge is 2.38. The smallest absolute Gasteiger partial charge is 0.228 e. The van der Waals surface area contributed by atoms with Crippen molar-refractivity contribution in [2.75, 3.05) is 24.5 Å². The zero-order valence-electron chi connectivity index (χ0n) is 13.6. The van der Waals surface area contributed by atoms with E-state index < -0.39 is 6.10 Å². The molecule has 124 valence electrons. The predicted molar refractivity (Wildman–Crippen MR) is 88.1 cm³/mol. The fourth-order valence-electron chi connectivity index (χ4n) is 3.45. The molecule has 2 fully saturated rings. The number of rotatable bonds is 3. The maximum Gasteiger partial charge on any atom is 0.228 e. The maximum atomic E-state index is 12.6. The van der Waals surface area contributed by atoms with Gasteiger partial charge in [0.2, 0.25) is 11.8 Å². The molecule has 2 amide bonds. The van der Waals surface area contributed by atoms with Crippen LogP contribution in [-0.4, -0.2) is 47.6 Å². The summed E-state index contributed by atoms with van der Waals surface area (Å²) in [5.74, 6) is -0.284. The van der Waals surface area contributed by atoms with Gasteiger partial charge in [-0.25, -0.2) is 0 Å². The molecule has 0 saturated carbocycles. The Bertz CT molecular complexity index is 584.